The van der Waals surface area contributed by atoms with Gasteiger partial charge < -0.3 is 5.32 Å². The molecule has 3 heterocycles. The average Bonchev–Trinajstić information content (AvgIpc) is 2.80. The summed E-state index contributed by atoms with van der Waals surface area (Å²) in [4.78, 5) is 17.9. The maximum Gasteiger partial charge on any atom is 0.433 e. The minimum atomic E-state index is -4.50. The molecule has 1 aromatic rings. The Morgan fingerprint density at radius 2 is 2.14 bits per heavy atom. The van der Waals surface area contributed by atoms with Crippen molar-refractivity contribution in [3.05, 3.63) is 23.9 Å². The van der Waals surface area contributed by atoms with E-state index in [2.05, 4.69) is 10.3 Å². The van der Waals surface area contributed by atoms with Crippen LogP contribution in [0.4, 0.5) is 19.0 Å². The molecular formula is C15H18F3N3O. The van der Waals surface area contributed by atoms with Crippen LogP contribution in [0.3, 0.4) is 0 Å². The minimum Gasteiger partial charge on any atom is -0.316 e. The first-order valence-corrected chi connectivity index (χ1v) is 7.41. The van der Waals surface area contributed by atoms with E-state index < -0.39 is 17.3 Å². The van der Waals surface area contributed by atoms with Crippen LogP contribution in [0, 0.1) is 11.3 Å². The number of piperidine rings is 1. The number of hydrogen-bond donors (Lipinski definition) is 1. The summed E-state index contributed by atoms with van der Waals surface area (Å²) in [5, 5.41) is 3.25. The number of anilines is 1. The Morgan fingerprint density at radius 3 is 2.82 bits per heavy atom. The first kappa shape index (κ1) is 15.3. The van der Waals surface area contributed by atoms with Crippen molar-refractivity contribution in [3.63, 3.8) is 0 Å². The van der Waals surface area contributed by atoms with Crippen LogP contribution >= 0.6 is 0 Å². The van der Waals surface area contributed by atoms with Crippen molar-refractivity contribution in [2.45, 2.75) is 25.9 Å². The van der Waals surface area contributed by atoms with Gasteiger partial charge in [0.1, 0.15) is 11.5 Å². The highest BCUT2D eigenvalue weighted by atomic mass is 19.4. The van der Waals surface area contributed by atoms with Gasteiger partial charge in [-0.3, -0.25) is 9.69 Å². The van der Waals surface area contributed by atoms with Crippen LogP contribution in [0.5, 0.6) is 0 Å². The van der Waals surface area contributed by atoms with Crippen molar-refractivity contribution in [2.75, 3.05) is 24.5 Å². The Kier molecular flexibility index (Phi) is 3.63. The molecule has 1 amide bonds. The van der Waals surface area contributed by atoms with Gasteiger partial charge >= 0.3 is 6.18 Å². The predicted molar refractivity (Wildman–Crippen MR) is 75.3 cm³/mol. The van der Waals surface area contributed by atoms with Gasteiger partial charge in [-0.2, -0.15) is 13.2 Å². The van der Waals surface area contributed by atoms with E-state index in [1.165, 1.54) is 17.0 Å². The molecule has 7 heteroatoms. The molecule has 2 fully saturated rings. The van der Waals surface area contributed by atoms with E-state index in [-0.39, 0.29) is 17.6 Å². The van der Waals surface area contributed by atoms with Crippen molar-refractivity contribution in [1.29, 1.82) is 0 Å². The van der Waals surface area contributed by atoms with Gasteiger partial charge in [0.15, 0.2) is 0 Å². The van der Waals surface area contributed by atoms with Gasteiger partial charge in [-0.15, -0.1) is 0 Å². The number of amides is 1. The van der Waals surface area contributed by atoms with E-state index in [4.69, 9.17) is 0 Å². The molecule has 0 aliphatic carbocycles. The first-order chi connectivity index (χ1) is 10.3. The van der Waals surface area contributed by atoms with E-state index in [1.54, 1.807) is 0 Å². The van der Waals surface area contributed by atoms with E-state index in [1.807, 2.05) is 6.92 Å². The monoisotopic (exact) mass is 313 g/mol. The SMILES string of the molecule is CC1CNCCC12CCN(c1cccc(C(F)(F)F)n1)C2=O. The molecular weight excluding hydrogens is 295 g/mol. The number of pyridine rings is 1. The number of aromatic nitrogens is 1. The third-order valence-electron chi connectivity index (χ3n) is 4.90. The second-order valence-corrected chi connectivity index (χ2v) is 6.10. The van der Waals surface area contributed by atoms with Gasteiger partial charge in [0.2, 0.25) is 5.91 Å². The molecule has 2 aliphatic rings. The summed E-state index contributed by atoms with van der Waals surface area (Å²) < 4.78 is 38.4. The molecule has 0 aromatic carbocycles. The van der Waals surface area contributed by atoms with Crippen LogP contribution in [0.25, 0.3) is 0 Å². The molecule has 0 saturated carbocycles. The Morgan fingerprint density at radius 1 is 1.36 bits per heavy atom. The molecule has 0 bridgehead atoms. The molecule has 22 heavy (non-hydrogen) atoms. The van der Waals surface area contributed by atoms with Crippen molar-refractivity contribution >= 4 is 11.7 Å². The van der Waals surface area contributed by atoms with E-state index in [0.717, 1.165) is 25.6 Å². The number of alkyl halides is 3. The fraction of sp³-hybridized carbons (Fsp3) is 0.600. The Hall–Kier alpha value is -1.63. The van der Waals surface area contributed by atoms with E-state index in [9.17, 15) is 18.0 Å². The zero-order chi connectivity index (χ0) is 16.0. The lowest BCUT2D eigenvalue weighted by Crippen LogP contribution is -2.48. The molecule has 3 rings (SSSR count). The lowest BCUT2D eigenvalue weighted by molar-refractivity contribution is -0.141. The fourth-order valence-electron chi connectivity index (χ4n) is 3.50. The van der Waals surface area contributed by atoms with Crippen LogP contribution in [0.2, 0.25) is 0 Å². The summed E-state index contributed by atoms with van der Waals surface area (Å²) in [6, 6.07) is 3.69. The summed E-state index contributed by atoms with van der Waals surface area (Å²) in [5.41, 5.74) is -1.42. The number of carbonyl (C=O) groups is 1. The van der Waals surface area contributed by atoms with Crippen molar-refractivity contribution in [2.24, 2.45) is 11.3 Å². The lowest BCUT2D eigenvalue weighted by atomic mass is 9.70. The molecule has 2 saturated heterocycles. The smallest absolute Gasteiger partial charge is 0.316 e. The van der Waals surface area contributed by atoms with Crippen LogP contribution in [-0.4, -0.2) is 30.5 Å². The third kappa shape index (κ3) is 2.37. The summed E-state index contributed by atoms with van der Waals surface area (Å²) in [6.07, 6.45) is -3.10. The molecule has 2 unspecified atom stereocenters. The van der Waals surface area contributed by atoms with E-state index >= 15 is 0 Å². The normalized spacial score (nSPS) is 29.4. The molecule has 1 spiro atoms. The van der Waals surface area contributed by atoms with Crippen LogP contribution in [-0.2, 0) is 11.0 Å². The first-order valence-electron chi connectivity index (χ1n) is 7.41. The molecule has 2 aliphatic heterocycles. The number of nitrogens with one attached hydrogen (secondary N) is 1. The maximum absolute atomic E-state index is 12.8. The number of halogens is 3. The third-order valence-corrected chi connectivity index (χ3v) is 4.90. The zero-order valence-corrected chi connectivity index (χ0v) is 12.3. The summed E-state index contributed by atoms with van der Waals surface area (Å²) in [6.45, 7) is 3.97. The molecule has 120 valence electrons. The summed E-state index contributed by atoms with van der Waals surface area (Å²) in [7, 11) is 0. The van der Waals surface area contributed by atoms with Crippen molar-refractivity contribution < 1.29 is 18.0 Å². The van der Waals surface area contributed by atoms with Gasteiger partial charge in [0, 0.05) is 6.54 Å². The molecule has 2 atom stereocenters. The van der Waals surface area contributed by atoms with Crippen LogP contribution in [0.1, 0.15) is 25.5 Å². The van der Waals surface area contributed by atoms with Crippen LogP contribution in [0.15, 0.2) is 18.2 Å². The second-order valence-electron chi connectivity index (χ2n) is 6.10. The van der Waals surface area contributed by atoms with Gasteiger partial charge in [0.05, 0.1) is 5.41 Å². The van der Waals surface area contributed by atoms with Crippen LogP contribution < -0.4 is 10.2 Å². The quantitative estimate of drug-likeness (QED) is 0.866. The molecule has 4 nitrogen and oxygen atoms in total. The molecule has 0 radical (unpaired) electrons. The largest absolute Gasteiger partial charge is 0.433 e. The zero-order valence-electron chi connectivity index (χ0n) is 12.3. The molecule has 1 aromatic heterocycles. The fourth-order valence-corrected chi connectivity index (χ4v) is 3.50. The Labute approximate surface area is 126 Å². The number of carbonyl (C=O) groups excluding carboxylic acids is 1. The highest BCUT2D eigenvalue weighted by Gasteiger charge is 2.51. The minimum absolute atomic E-state index is 0.0895. The topological polar surface area (TPSA) is 45.2 Å². The second kappa shape index (κ2) is 5.22. The summed E-state index contributed by atoms with van der Waals surface area (Å²) >= 11 is 0. The standard InChI is InChI=1S/C15H18F3N3O/c1-10-9-19-7-5-14(10)6-8-21(13(14)22)12-4-2-3-11(20-12)15(16,17)18/h2-4,10,19H,5-9H2,1H3. The van der Waals surface area contributed by atoms with Gasteiger partial charge in [-0.1, -0.05) is 13.0 Å². The lowest BCUT2D eigenvalue weighted by Gasteiger charge is -2.38. The van der Waals surface area contributed by atoms with Gasteiger partial charge in [0.25, 0.3) is 0 Å². The predicted octanol–water partition coefficient (Wildman–Crippen LogP) is 2.45. The number of hydrogen-bond acceptors (Lipinski definition) is 3. The number of nitrogens with zero attached hydrogens (tertiary/aromatic N) is 2. The molecule has 1 N–H and O–H groups in total. The van der Waals surface area contributed by atoms with Crippen molar-refractivity contribution in [1.82, 2.24) is 10.3 Å². The van der Waals surface area contributed by atoms with Gasteiger partial charge in [-0.25, -0.2) is 4.98 Å². The highest BCUT2D eigenvalue weighted by Crippen LogP contribution is 2.44. The Bertz CT molecular complexity index is 590. The van der Waals surface area contributed by atoms with E-state index in [0.29, 0.717) is 13.0 Å². The summed E-state index contributed by atoms with van der Waals surface area (Å²) in [5.74, 6) is 0.181. The Balaban J connectivity index is 1.90. The van der Waals surface area contributed by atoms with Gasteiger partial charge in [-0.05, 0) is 44.0 Å². The maximum atomic E-state index is 12.8. The number of rotatable bonds is 1. The highest BCUT2D eigenvalue weighted by molar-refractivity contribution is 5.99. The average molecular weight is 313 g/mol. The van der Waals surface area contributed by atoms with Crippen molar-refractivity contribution in [3.8, 4) is 0 Å².